The van der Waals surface area contributed by atoms with Gasteiger partial charge in [-0.05, 0) is 52.4 Å². The molecular weight excluding hydrogens is 488 g/mol. The van der Waals surface area contributed by atoms with Gasteiger partial charge in [-0.25, -0.2) is 4.79 Å². The first kappa shape index (κ1) is 24.6. The van der Waals surface area contributed by atoms with Gasteiger partial charge in [-0.2, -0.15) is 8.75 Å². The molecule has 0 radical (unpaired) electrons. The third-order valence-electron chi connectivity index (χ3n) is 6.34. The molecule has 0 saturated heterocycles. The average molecular weight is 515 g/mol. The van der Waals surface area contributed by atoms with Gasteiger partial charge < -0.3 is 14.6 Å². The number of ether oxygens (including phenoxy) is 2. The molecular formula is C29H26N2O5S. The SMILES string of the molecule is CC(C)(C)c1ccc(C/C(C(=O)c2ccc3c(c2)OCCO3)=C(\C(=O)O)c2ccc3nsnc3c2)cc1. The second kappa shape index (κ2) is 9.78. The van der Waals surface area contributed by atoms with Crippen LogP contribution in [0.1, 0.15) is 47.8 Å². The fourth-order valence-electron chi connectivity index (χ4n) is 4.33. The molecule has 1 aliphatic heterocycles. The van der Waals surface area contributed by atoms with E-state index in [9.17, 15) is 14.7 Å². The van der Waals surface area contributed by atoms with E-state index in [4.69, 9.17) is 9.47 Å². The van der Waals surface area contributed by atoms with Gasteiger partial charge in [0, 0.05) is 17.6 Å². The third-order valence-corrected chi connectivity index (χ3v) is 6.89. The highest BCUT2D eigenvalue weighted by atomic mass is 32.1. The molecule has 4 aromatic rings. The van der Waals surface area contributed by atoms with Gasteiger partial charge in [0.25, 0.3) is 0 Å². The maximum atomic E-state index is 14.0. The summed E-state index contributed by atoms with van der Waals surface area (Å²) in [5.41, 5.74) is 4.08. The van der Waals surface area contributed by atoms with Crippen LogP contribution in [0.5, 0.6) is 11.5 Å². The number of hydrogen-bond donors (Lipinski definition) is 1. The zero-order valence-electron chi connectivity index (χ0n) is 20.8. The van der Waals surface area contributed by atoms with Crippen molar-refractivity contribution in [1.82, 2.24) is 8.75 Å². The molecule has 3 aromatic carbocycles. The van der Waals surface area contributed by atoms with Crippen LogP contribution in [0, 0.1) is 0 Å². The molecule has 5 rings (SSSR count). The van der Waals surface area contributed by atoms with E-state index < -0.39 is 5.97 Å². The molecule has 7 nitrogen and oxygen atoms in total. The van der Waals surface area contributed by atoms with Gasteiger partial charge in [0.1, 0.15) is 24.2 Å². The highest BCUT2D eigenvalue weighted by Crippen LogP contribution is 2.34. The summed E-state index contributed by atoms with van der Waals surface area (Å²) < 4.78 is 19.7. The second-order valence-corrected chi connectivity index (χ2v) is 10.5. The van der Waals surface area contributed by atoms with E-state index in [1.165, 1.54) is 0 Å². The van der Waals surface area contributed by atoms with Crippen molar-refractivity contribution in [2.24, 2.45) is 0 Å². The largest absolute Gasteiger partial charge is 0.486 e. The van der Waals surface area contributed by atoms with E-state index in [0.29, 0.717) is 46.9 Å². The van der Waals surface area contributed by atoms with Gasteiger partial charge in [0.2, 0.25) is 0 Å². The van der Waals surface area contributed by atoms with Crippen LogP contribution in [0.25, 0.3) is 16.6 Å². The quantitative estimate of drug-likeness (QED) is 0.259. The Kier molecular flexibility index (Phi) is 6.52. The predicted molar refractivity (Wildman–Crippen MR) is 143 cm³/mol. The predicted octanol–water partition coefficient (Wildman–Crippen LogP) is 5.72. The first-order chi connectivity index (χ1) is 17.7. The number of ketones is 1. The average Bonchev–Trinajstić information content (AvgIpc) is 3.35. The van der Waals surface area contributed by atoms with E-state index in [-0.39, 0.29) is 28.8 Å². The molecule has 0 fully saturated rings. The van der Waals surface area contributed by atoms with Crippen LogP contribution in [0.15, 0.2) is 66.2 Å². The lowest BCUT2D eigenvalue weighted by atomic mass is 9.85. The zero-order chi connectivity index (χ0) is 26.2. The number of fused-ring (bicyclic) bond motifs is 2. The summed E-state index contributed by atoms with van der Waals surface area (Å²) in [7, 11) is 0. The van der Waals surface area contributed by atoms with Crippen molar-refractivity contribution < 1.29 is 24.2 Å². The third kappa shape index (κ3) is 5.11. The van der Waals surface area contributed by atoms with Crippen molar-refractivity contribution >= 4 is 40.1 Å². The molecule has 37 heavy (non-hydrogen) atoms. The van der Waals surface area contributed by atoms with Crippen molar-refractivity contribution in [3.8, 4) is 11.5 Å². The van der Waals surface area contributed by atoms with Crippen LogP contribution in [-0.4, -0.2) is 38.8 Å². The Morgan fingerprint density at radius 2 is 1.54 bits per heavy atom. The summed E-state index contributed by atoms with van der Waals surface area (Å²) in [6, 6.07) is 18.0. The van der Waals surface area contributed by atoms with Crippen LogP contribution >= 0.6 is 11.7 Å². The number of carbonyl (C=O) groups is 2. The van der Waals surface area contributed by atoms with E-state index in [1.54, 1.807) is 36.4 Å². The molecule has 0 amide bonds. The van der Waals surface area contributed by atoms with Crippen molar-refractivity contribution in [1.29, 1.82) is 0 Å². The van der Waals surface area contributed by atoms with Crippen molar-refractivity contribution in [2.75, 3.05) is 13.2 Å². The number of carbonyl (C=O) groups excluding carboxylic acids is 1. The van der Waals surface area contributed by atoms with Gasteiger partial charge in [-0.15, -0.1) is 0 Å². The van der Waals surface area contributed by atoms with Crippen LogP contribution in [-0.2, 0) is 16.6 Å². The fraction of sp³-hybridized carbons (Fsp3) is 0.241. The number of benzene rings is 3. The molecule has 0 atom stereocenters. The number of aromatic nitrogens is 2. The standard InChI is InChI=1S/C29H26N2O5S/c1-29(2,3)20-8-4-17(5-9-20)14-21(27(32)19-7-11-24-25(16-19)36-13-12-35-24)26(28(33)34)18-6-10-22-23(15-18)31-37-30-22/h4-11,15-16H,12-14H2,1-3H3,(H,33,34)/b26-21+. The highest BCUT2D eigenvalue weighted by Gasteiger charge is 2.26. The summed E-state index contributed by atoms with van der Waals surface area (Å²) in [6.07, 6.45) is 0.146. The van der Waals surface area contributed by atoms with Crippen LogP contribution in [0.2, 0.25) is 0 Å². The van der Waals surface area contributed by atoms with Crippen LogP contribution in [0.4, 0.5) is 0 Å². The number of hydrogen-bond acceptors (Lipinski definition) is 7. The molecule has 1 aromatic heterocycles. The minimum atomic E-state index is -1.19. The molecule has 188 valence electrons. The molecule has 0 aliphatic carbocycles. The minimum Gasteiger partial charge on any atom is -0.486 e. The Labute approximate surface area is 218 Å². The molecule has 0 unspecified atom stereocenters. The van der Waals surface area contributed by atoms with E-state index in [2.05, 4.69) is 29.5 Å². The Hall–Kier alpha value is -4.04. The molecule has 0 saturated carbocycles. The van der Waals surface area contributed by atoms with E-state index in [0.717, 1.165) is 22.9 Å². The van der Waals surface area contributed by atoms with Crippen molar-refractivity contribution in [3.05, 3.63) is 88.5 Å². The Morgan fingerprint density at radius 3 is 2.24 bits per heavy atom. The van der Waals surface area contributed by atoms with Gasteiger partial charge >= 0.3 is 5.97 Å². The van der Waals surface area contributed by atoms with Crippen molar-refractivity contribution in [3.63, 3.8) is 0 Å². The lowest BCUT2D eigenvalue weighted by Gasteiger charge is -2.20. The van der Waals surface area contributed by atoms with Gasteiger partial charge in [-0.3, -0.25) is 4.79 Å². The number of carboxylic acid groups (broad SMARTS) is 1. The second-order valence-electron chi connectivity index (χ2n) is 9.94. The monoisotopic (exact) mass is 514 g/mol. The Bertz CT molecular complexity index is 1530. The molecule has 0 spiro atoms. The van der Waals surface area contributed by atoms with Crippen molar-refractivity contribution in [2.45, 2.75) is 32.6 Å². The zero-order valence-corrected chi connectivity index (χ0v) is 21.6. The maximum Gasteiger partial charge on any atom is 0.336 e. The normalized spacial score (nSPS) is 13.8. The number of allylic oxidation sites excluding steroid dienone is 1. The fourth-order valence-corrected chi connectivity index (χ4v) is 4.85. The number of rotatable bonds is 6. The first-order valence-electron chi connectivity index (χ1n) is 11.9. The maximum absolute atomic E-state index is 14.0. The Morgan fingerprint density at radius 1 is 0.865 bits per heavy atom. The van der Waals surface area contributed by atoms with Gasteiger partial charge in [0.15, 0.2) is 17.3 Å². The summed E-state index contributed by atoms with van der Waals surface area (Å²) in [4.78, 5) is 26.6. The highest BCUT2D eigenvalue weighted by molar-refractivity contribution is 7.00. The lowest BCUT2D eigenvalue weighted by Crippen LogP contribution is -2.17. The number of Topliss-reactive ketones (excluding diaryl/α,β-unsaturated/α-hetero) is 1. The van der Waals surface area contributed by atoms with E-state index >= 15 is 0 Å². The number of carboxylic acids is 1. The molecule has 8 heteroatoms. The summed E-state index contributed by atoms with van der Waals surface area (Å²) in [6.45, 7) is 7.21. The lowest BCUT2D eigenvalue weighted by molar-refractivity contribution is -0.130. The molecule has 1 N–H and O–H groups in total. The number of nitrogens with zero attached hydrogens (tertiary/aromatic N) is 2. The topological polar surface area (TPSA) is 98.6 Å². The Balaban J connectivity index is 1.64. The smallest absolute Gasteiger partial charge is 0.336 e. The molecule has 0 bridgehead atoms. The van der Waals surface area contributed by atoms with Crippen LogP contribution in [0.3, 0.4) is 0 Å². The molecule has 2 heterocycles. The van der Waals surface area contributed by atoms with E-state index in [1.807, 2.05) is 24.3 Å². The minimum absolute atomic E-state index is 0.0264. The summed E-state index contributed by atoms with van der Waals surface area (Å²) in [5, 5.41) is 10.3. The summed E-state index contributed by atoms with van der Waals surface area (Å²) in [5.74, 6) is -0.538. The molecule has 1 aliphatic rings. The first-order valence-corrected chi connectivity index (χ1v) is 12.7. The summed E-state index contributed by atoms with van der Waals surface area (Å²) >= 11 is 1.06. The van der Waals surface area contributed by atoms with Gasteiger partial charge in [0.05, 0.1) is 17.3 Å². The van der Waals surface area contributed by atoms with Gasteiger partial charge in [-0.1, -0.05) is 51.1 Å². The number of aliphatic carboxylic acids is 1. The van der Waals surface area contributed by atoms with Crippen LogP contribution < -0.4 is 9.47 Å².